The molecule has 0 bridgehead atoms. The van der Waals surface area contributed by atoms with Crippen LogP contribution in [-0.4, -0.2) is 0 Å². The van der Waals surface area contributed by atoms with Crippen LogP contribution >= 0.6 is 31.9 Å². The Labute approximate surface area is 124 Å². The molecule has 0 aliphatic rings. The first-order valence-corrected chi connectivity index (χ1v) is 7.26. The molecule has 1 atom stereocenters. The predicted octanol–water partition coefficient (Wildman–Crippen LogP) is 4.78. The Balaban J connectivity index is 2.59. The quantitative estimate of drug-likeness (QED) is 0.823. The molecule has 0 saturated carbocycles. The summed E-state index contributed by atoms with van der Waals surface area (Å²) >= 11 is 7.01. The lowest BCUT2D eigenvalue weighted by Gasteiger charge is -2.19. The molecule has 0 aliphatic carbocycles. The van der Waals surface area contributed by atoms with Crippen LogP contribution in [0.5, 0.6) is 0 Å². The highest BCUT2D eigenvalue weighted by Gasteiger charge is 2.20. The maximum Gasteiger partial charge on any atom is 0.174 e. The van der Waals surface area contributed by atoms with Crippen LogP contribution in [0.4, 0.5) is 0 Å². The van der Waals surface area contributed by atoms with Gasteiger partial charge in [0.25, 0.3) is 0 Å². The number of hydrogen-bond donors (Lipinski definition) is 1. The molecule has 0 aliphatic heterocycles. The average Bonchev–Trinajstić information content (AvgIpc) is 2.72. The van der Waals surface area contributed by atoms with Crippen LogP contribution < -0.4 is 5.73 Å². The molecule has 1 aromatic heterocycles. The molecule has 1 unspecified atom stereocenters. The third-order valence-electron chi connectivity index (χ3n) is 3.23. The molecule has 1 heterocycles. The SMILES string of the molecule is Cc1cc(C)c(C(N)c2ccoc2Br)c(C)c1Br. The number of benzene rings is 1. The van der Waals surface area contributed by atoms with E-state index in [0.29, 0.717) is 4.67 Å². The van der Waals surface area contributed by atoms with Crippen LogP contribution in [0.1, 0.15) is 33.9 Å². The fraction of sp³-hybridized carbons (Fsp3) is 0.286. The number of furan rings is 1. The molecule has 2 rings (SSSR count). The lowest BCUT2D eigenvalue weighted by molar-refractivity contribution is 0.534. The van der Waals surface area contributed by atoms with E-state index in [9.17, 15) is 0 Å². The van der Waals surface area contributed by atoms with Crippen LogP contribution in [0.2, 0.25) is 0 Å². The van der Waals surface area contributed by atoms with Crippen molar-refractivity contribution in [1.82, 2.24) is 0 Å². The van der Waals surface area contributed by atoms with Gasteiger partial charge in [-0.3, -0.25) is 0 Å². The maximum absolute atomic E-state index is 6.37. The second-order valence-corrected chi connectivity index (χ2v) is 6.00. The monoisotopic (exact) mass is 371 g/mol. The van der Waals surface area contributed by atoms with Crippen molar-refractivity contribution in [2.45, 2.75) is 26.8 Å². The fourth-order valence-corrected chi connectivity index (χ4v) is 3.15. The summed E-state index contributed by atoms with van der Waals surface area (Å²) in [4.78, 5) is 0. The highest BCUT2D eigenvalue weighted by Crippen LogP contribution is 2.35. The van der Waals surface area contributed by atoms with Gasteiger partial charge in [0.2, 0.25) is 0 Å². The van der Waals surface area contributed by atoms with Crippen molar-refractivity contribution in [3.8, 4) is 0 Å². The van der Waals surface area contributed by atoms with Gasteiger partial charge in [-0.25, -0.2) is 0 Å². The van der Waals surface area contributed by atoms with E-state index >= 15 is 0 Å². The van der Waals surface area contributed by atoms with E-state index in [1.165, 1.54) is 16.7 Å². The Bertz CT molecular complexity index is 590. The second-order valence-electron chi connectivity index (χ2n) is 4.49. The molecule has 0 amide bonds. The van der Waals surface area contributed by atoms with Crippen molar-refractivity contribution in [2.24, 2.45) is 5.73 Å². The summed E-state index contributed by atoms with van der Waals surface area (Å²) < 4.78 is 7.09. The lowest BCUT2D eigenvalue weighted by atomic mass is 9.92. The van der Waals surface area contributed by atoms with Gasteiger partial charge in [-0.15, -0.1) is 0 Å². The highest BCUT2D eigenvalue weighted by molar-refractivity contribution is 9.10. The summed E-state index contributed by atoms with van der Waals surface area (Å²) in [6, 6.07) is 3.87. The van der Waals surface area contributed by atoms with Gasteiger partial charge in [0.05, 0.1) is 12.3 Å². The molecule has 0 fully saturated rings. The first kappa shape index (κ1) is 13.8. The van der Waals surface area contributed by atoms with E-state index in [1.54, 1.807) is 6.26 Å². The van der Waals surface area contributed by atoms with Crippen molar-refractivity contribution >= 4 is 31.9 Å². The summed E-state index contributed by atoms with van der Waals surface area (Å²) in [6.07, 6.45) is 1.65. The third-order valence-corrected chi connectivity index (χ3v) is 5.09. The van der Waals surface area contributed by atoms with Gasteiger partial charge in [0.15, 0.2) is 4.67 Å². The molecule has 1 aromatic carbocycles. The molecule has 96 valence electrons. The van der Waals surface area contributed by atoms with Crippen molar-refractivity contribution < 1.29 is 4.42 Å². The summed E-state index contributed by atoms with van der Waals surface area (Å²) in [5.41, 5.74) is 12.1. The number of rotatable bonds is 2. The summed E-state index contributed by atoms with van der Waals surface area (Å²) in [5, 5.41) is 0. The van der Waals surface area contributed by atoms with Crippen LogP contribution in [0.25, 0.3) is 0 Å². The molecular formula is C14H15Br2NO. The zero-order valence-corrected chi connectivity index (χ0v) is 13.7. The van der Waals surface area contributed by atoms with Gasteiger partial charge in [-0.05, 0) is 65.0 Å². The zero-order valence-electron chi connectivity index (χ0n) is 10.6. The topological polar surface area (TPSA) is 39.2 Å². The summed E-state index contributed by atoms with van der Waals surface area (Å²) in [6.45, 7) is 6.27. The predicted molar refractivity (Wildman–Crippen MR) is 80.8 cm³/mol. The van der Waals surface area contributed by atoms with Gasteiger partial charge in [0, 0.05) is 10.0 Å². The van der Waals surface area contributed by atoms with Gasteiger partial charge in [-0.1, -0.05) is 22.0 Å². The molecule has 0 radical (unpaired) electrons. The van der Waals surface area contributed by atoms with Gasteiger partial charge < -0.3 is 10.2 Å². The van der Waals surface area contributed by atoms with Crippen molar-refractivity contribution in [3.05, 3.63) is 55.4 Å². The summed E-state index contributed by atoms with van der Waals surface area (Å²) in [5.74, 6) is 0. The van der Waals surface area contributed by atoms with Crippen LogP contribution in [0.3, 0.4) is 0 Å². The Morgan fingerprint density at radius 1 is 1.17 bits per heavy atom. The van der Waals surface area contributed by atoms with E-state index in [0.717, 1.165) is 15.6 Å². The molecule has 0 spiro atoms. The Morgan fingerprint density at radius 3 is 2.39 bits per heavy atom. The third kappa shape index (κ3) is 2.29. The normalized spacial score (nSPS) is 12.8. The van der Waals surface area contributed by atoms with Crippen molar-refractivity contribution in [1.29, 1.82) is 0 Å². The zero-order chi connectivity index (χ0) is 13.4. The Morgan fingerprint density at radius 2 is 1.83 bits per heavy atom. The van der Waals surface area contributed by atoms with Gasteiger partial charge in [-0.2, -0.15) is 0 Å². The molecule has 4 heteroatoms. The summed E-state index contributed by atoms with van der Waals surface area (Å²) in [7, 11) is 0. The molecule has 18 heavy (non-hydrogen) atoms. The van der Waals surface area contributed by atoms with E-state index in [2.05, 4.69) is 58.7 Å². The van der Waals surface area contributed by atoms with E-state index in [-0.39, 0.29) is 6.04 Å². The molecule has 2 nitrogen and oxygen atoms in total. The number of halogens is 2. The maximum atomic E-state index is 6.37. The number of hydrogen-bond acceptors (Lipinski definition) is 2. The number of nitrogens with two attached hydrogens (primary N) is 1. The lowest BCUT2D eigenvalue weighted by Crippen LogP contribution is -2.15. The first-order chi connectivity index (χ1) is 8.43. The van der Waals surface area contributed by atoms with E-state index < -0.39 is 0 Å². The highest BCUT2D eigenvalue weighted by atomic mass is 79.9. The fourth-order valence-electron chi connectivity index (χ4n) is 2.34. The molecule has 2 N–H and O–H groups in total. The molecule has 2 aromatic rings. The minimum absolute atomic E-state index is 0.185. The first-order valence-electron chi connectivity index (χ1n) is 5.68. The van der Waals surface area contributed by atoms with Crippen LogP contribution in [0.15, 0.2) is 32.0 Å². The van der Waals surface area contributed by atoms with Crippen molar-refractivity contribution in [3.63, 3.8) is 0 Å². The van der Waals surface area contributed by atoms with Crippen LogP contribution in [0, 0.1) is 20.8 Å². The Hall–Kier alpha value is -0.580. The van der Waals surface area contributed by atoms with E-state index in [1.807, 2.05) is 6.07 Å². The van der Waals surface area contributed by atoms with E-state index in [4.69, 9.17) is 10.2 Å². The van der Waals surface area contributed by atoms with Gasteiger partial charge >= 0.3 is 0 Å². The Kier molecular flexibility index (Phi) is 3.99. The van der Waals surface area contributed by atoms with Crippen molar-refractivity contribution in [2.75, 3.05) is 0 Å². The largest absolute Gasteiger partial charge is 0.457 e. The second kappa shape index (κ2) is 5.19. The standard InChI is InChI=1S/C14H15Br2NO/c1-7-6-8(2)12(15)9(3)11(7)13(17)10-4-5-18-14(10)16/h4-6,13H,17H2,1-3H3. The minimum Gasteiger partial charge on any atom is -0.457 e. The average molecular weight is 373 g/mol. The smallest absolute Gasteiger partial charge is 0.174 e. The van der Waals surface area contributed by atoms with Crippen LogP contribution in [-0.2, 0) is 0 Å². The van der Waals surface area contributed by atoms with Gasteiger partial charge in [0.1, 0.15) is 0 Å². The molecule has 0 saturated heterocycles. The number of aryl methyl sites for hydroxylation is 2. The molecular weight excluding hydrogens is 358 g/mol. The minimum atomic E-state index is -0.185.